The number of carbonyl (C=O) groups is 1. The molecule has 0 heterocycles. The quantitative estimate of drug-likeness (QED) is 0.179. The van der Waals surface area contributed by atoms with Crippen molar-refractivity contribution >= 4 is 13.8 Å². The Morgan fingerprint density at radius 2 is 1.32 bits per heavy atom. The van der Waals surface area contributed by atoms with Crippen molar-refractivity contribution in [3.63, 3.8) is 0 Å². The van der Waals surface area contributed by atoms with E-state index in [0.717, 1.165) is 32.1 Å². The van der Waals surface area contributed by atoms with E-state index in [0.29, 0.717) is 6.42 Å². The maximum Gasteiger partial charge on any atom is 1.00 e. The molecule has 0 saturated carbocycles. The van der Waals surface area contributed by atoms with Gasteiger partial charge in [0.1, 0.15) is 0 Å². The van der Waals surface area contributed by atoms with Crippen LogP contribution in [-0.4, -0.2) is 15.8 Å². The Kier molecular flexibility index (Phi) is 22.3. The molecule has 0 atom stereocenters. The standard InChI is InChI=1S/C18H35O5P.K.H/c1-2-3-4-5-6-7-8-9-10-11-12-13-14-15-16-17-18(19)23-24(20,21)22;;/h9-10H,2-8,11-17H2,1H3,(H2,20,21,22);;/q;+1;-1/b10-9-;;. The number of allylic oxidation sites excluding steroid dienone is 2. The van der Waals surface area contributed by atoms with Gasteiger partial charge in [0, 0.05) is 6.42 Å². The molecule has 5 nitrogen and oxygen atoms in total. The number of unbranched alkanes of at least 4 members (excludes halogenated alkanes) is 11. The fourth-order valence-corrected chi connectivity index (χ4v) is 2.87. The van der Waals surface area contributed by atoms with Gasteiger partial charge in [-0.15, -0.1) is 0 Å². The zero-order chi connectivity index (χ0) is 18.1. The van der Waals surface area contributed by atoms with Crippen LogP contribution in [0.5, 0.6) is 0 Å². The molecule has 2 N–H and O–H groups in total. The molecule has 0 aliphatic heterocycles. The molecule has 0 aliphatic rings. The molecule has 0 fully saturated rings. The van der Waals surface area contributed by atoms with Crippen LogP contribution in [0, 0.1) is 0 Å². The summed E-state index contributed by atoms with van der Waals surface area (Å²) in [6, 6.07) is 0. The molecule has 144 valence electrons. The number of carbonyl (C=O) groups excluding carboxylic acids is 1. The van der Waals surface area contributed by atoms with Crippen LogP contribution in [0.2, 0.25) is 0 Å². The largest absolute Gasteiger partial charge is 1.00 e. The van der Waals surface area contributed by atoms with E-state index in [9.17, 15) is 9.36 Å². The minimum Gasteiger partial charge on any atom is -1.00 e. The monoisotopic (exact) mass is 402 g/mol. The SMILES string of the molecule is CCCCCCCC/C=C\CCCCCCCC(=O)OP(=O)(O)O.[H-].[K+]. The zero-order valence-corrected chi connectivity index (χ0v) is 20.1. The number of rotatable bonds is 16. The molecular weight excluding hydrogens is 366 g/mol. The normalized spacial score (nSPS) is 11.5. The summed E-state index contributed by atoms with van der Waals surface area (Å²) in [6.45, 7) is 2.24. The van der Waals surface area contributed by atoms with Gasteiger partial charge in [0.25, 0.3) is 0 Å². The molecule has 0 aromatic carbocycles. The van der Waals surface area contributed by atoms with Crippen molar-refractivity contribution in [3.8, 4) is 0 Å². The van der Waals surface area contributed by atoms with E-state index < -0.39 is 13.8 Å². The van der Waals surface area contributed by atoms with Crippen LogP contribution < -0.4 is 51.4 Å². The molecule has 0 unspecified atom stereocenters. The summed E-state index contributed by atoms with van der Waals surface area (Å²) in [5, 5.41) is 0. The molecule has 0 rings (SSSR count). The van der Waals surface area contributed by atoms with E-state index in [-0.39, 0.29) is 59.2 Å². The van der Waals surface area contributed by atoms with E-state index in [1.807, 2.05) is 0 Å². The van der Waals surface area contributed by atoms with Crippen LogP contribution in [0.15, 0.2) is 12.2 Å². The first kappa shape index (κ1) is 28.2. The van der Waals surface area contributed by atoms with Crippen molar-refractivity contribution in [2.75, 3.05) is 0 Å². The third-order valence-corrected chi connectivity index (χ3v) is 4.30. The maximum absolute atomic E-state index is 11.1. The summed E-state index contributed by atoms with van der Waals surface area (Å²) in [4.78, 5) is 28.0. The Bertz CT molecular complexity index is 388. The first-order valence-electron chi connectivity index (χ1n) is 9.38. The molecule has 0 spiro atoms. The molecule has 0 amide bonds. The fourth-order valence-electron chi connectivity index (χ4n) is 2.52. The van der Waals surface area contributed by atoms with Crippen LogP contribution in [-0.2, 0) is 13.9 Å². The number of hydrogen-bond donors (Lipinski definition) is 2. The van der Waals surface area contributed by atoms with E-state index in [2.05, 4.69) is 23.6 Å². The topological polar surface area (TPSA) is 83.8 Å². The Morgan fingerprint density at radius 1 is 0.880 bits per heavy atom. The van der Waals surface area contributed by atoms with Gasteiger partial charge < -0.3 is 5.95 Å². The van der Waals surface area contributed by atoms with Gasteiger partial charge in [0.05, 0.1) is 0 Å². The van der Waals surface area contributed by atoms with Gasteiger partial charge in [-0.05, 0) is 32.1 Å². The minimum atomic E-state index is -4.67. The first-order chi connectivity index (χ1) is 11.5. The second kappa shape index (κ2) is 19.7. The number of phosphoric acid groups is 1. The van der Waals surface area contributed by atoms with Crippen LogP contribution in [0.1, 0.15) is 98.2 Å². The zero-order valence-electron chi connectivity index (χ0n) is 17.1. The summed E-state index contributed by atoms with van der Waals surface area (Å²) < 4.78 is 14.4. The van der Waals surface area contributed by atoms with Crippen LogP contribution in [0.3, 0.4) is 0 Å². The van der Waals surface area contributed by atoms with Gasteiger partial charge in [-0.2, -0.15) is 0 Å². The van der Waals surface area contributed by atoms with E-state index in [4.69, 9.17) is 9.79 Å². The molecule has 0 bridgehead atoms. The molecule has 0 aromatic rings. The molecule has 0 aromatic heterocycles. The van der Waals surface area contributed by atoms with Crippen molar-refractivity contribution in [2.45, 2.75) is 96.8 Å². The fraction of sp³-hybridized carbons (Fsp3) is 0.833. The molecule has 7 heteroatoms. The third kappa shape index (κ3) is 25.0. The van der Waals surface area contributed by atoms with Crippen LogP contribution in [0.25, 0.3) is 0 Å². The second-order valence-corrected chi connectivity index (χ2v) is 7.45. The molecule has 0 saturated heterocycles. The summed E-state index contributed by atoms with van der Waals surface area (Å²) in [7, 11) is -4.67. The van der Waals surface area contributed by atoms with Crippen molar-refractivity contribution in [2.24, 2.45) is 0 Å². The number of phosphoric ester groups is 1. The predicted octanol–water partition coefficient (Wildman–Crippen LogP) is 2.78. The Balaban J connectivity index is -0.00000264. The average Bonchev–Trinajstić information content (AvgIpc) is 2.49. The van der Waals surface area contributed by atoms with Crippen LogP contribution in [0.4, 0.5) is 0 Å². The Labute approximate surface area is 197 Å². The van der Waals surface area contributed by atoms with Crippen molar-refractivity contribution in [3.05, 3.63) is 12.2 Å². The second-order valence-electron chi connectivity index (χ2n) is 6.29. The Hall–Kier alpha value is 0.996. The van der Waals surface area contributed by atoms with Crippen LogP contribution >= 0.6 is 7.82 Å². The van der Waals surface area contributed by atoms with Gasteiger partial charge in [0.2, 0.25) is 0 Å². The number of hydrogen-bond acceptors (Lipinski definition) is 3. The van der Waals surface area contributed by atoms with E-state index in [1.54, 1.807) is 0 Å². The van der Waals surface area contributed by atoms with Gasteiger partial charge in [-0.1, -0.05) is 70.4 Å². The van der Waals surface area contributed by atoms with Gasteiger partial charge >= 0.3 is 65.2 Å². The maximum atomic E-state index is 11.1. The molecule has 0 radical (unpaired) electrons. The summed E-state index contributed by atoms with van der Waals surface area (Å²) in [5.74, 6) is -0.819. The summed E-state index contributed by atoms with van der Waals surface area (Å²) in [5.41, 5.74) is 0. The Morgan fingerprint density at radius 3 is 1.80 bits per heavy atom. The molecular formula is C18H36KO5P. The smallest absolute Gasteiger partial charge is 1.00 e. The van der Waals surface area contributed by atoms with E-state index >= 15 is 0 Å². The van der Waals surface area contributed by atoms with Gasteiger partial charge in [-0.3, -0.25) is 14.6 Å². The van der Waals surface area contributed by atoms with Gasteiger partial charge in [0.15, 0.2) is 0 Å². The van der Waals surface area contributed by atoms with Crippen molar-refractivity contribution in [1.29, 1.82) is 0 Å². The predicted molar refractivity (Wildman–Crippen MR) is 98.7 cm³/mol. The van der Waals surface area contributed by atoms with E-state index in [1.165, 1.54) is 44.9 Å². The first-order valence-corrected chi connectivity index (χ1v) is 10.9. The molecule has 25 heavy (non-hydrogen) atoms. The molecule has 0 aliphatic carbocycles. The summed E-state index contributed by atoms with van der Waals surface area (Å²) in [6.07, 6.45) is 19.8. The third-order valence-electron chi connectivity index (χ3n) is 3.86. The average molecular weight is 403 g/mol. The van der Waals surface area contributed by atoms with Crippen molar-refractivity contribution < 1.29 is 76.5 Å². The van der Waals surface area contributed by atoms with Gasteiger partial charge in [-0.25, -0.2) is 4.57 Å². The minimum absolute atomic E-state index is 0. The summed E-state index contributed by atoms with van der Waals surface area (Å²) >= 11 is 0. The van der Waals surface area contributed by atoms with Crippen molar-refractivity contribution in [1.82, 2.24) is 0 Å².